The summed E-state index contributed by atoms with van der Waals surface area (Å²) < 4.78 is 17.3. The highest BCUT2D eigenvalue weighted by atomic mass is 35.5. The quantitative estimate of drug-likeness (QED) is 0.241. The van der Waals surface area contributed by atoms with Gasteiger partial charge in [-0.1, -0.05) is 49.7 Å². The summed E-state index contributed by atoms with van der Waals surface area (Å²) in [7, 11) is 1.63. The van der Waals surface area contributed by atoms with Crippen molar-refractivity contribution in [2.45, 2.75) is 32.7 Å². The molecule has 1 atom stereocenters. The van der Waals surface area contributed by atoms with Crippen LogP contribution >= 0.6 is 11.6 Å². The smallest absolute Gasteiger partial charge is 0.290 e. The van der Waals surface area contributed by atoms with E-state index < -0.39 is 6.04 Å². The number of carbonyl (C=O) groups excluding carboxylic acids is 1. The van der Waals surface area contributed by atoms with Gasteiger partial charge in [-0.25, -0.2) is 0 Å². The summed E-state index contributed by atoms with van der Waals surface area (Å²) in [4.78, 5) is 29.2. The van der Waals surface area contributed by atoms with Crippen molar-refractivity contribution in [3.63, 3.8) is 0 Å². The summed E-state index contributed by atoms with van der Waals surface area (Å²) in [5.74, 6) is 1.77. The molecular weight excluding hydrogens is 502 g/mol. The highest BCUT2D eigenvalue weighted by Crippen LogP contribution is 2.39. The lowest BCUT2D eigenvalue weighted by Gasteiger charge is -2.25. The molecule has 1 aromatic heterocycles. The van der Waals surface area contributed by atoms with Crippen LogP contribution in [0.25, 0.3) is 11.0 Å². The predicted molar refractivity (Wildman–Crippen MR) is 148 cm³/mol. The van der Waals surface area contributed by atoms with E-state index in [9.17, 15) is 9.59 Å². The molecule has 6 nitrogen and oxygen atoms in total. The molecule has 4 aromatic rings. The first-order valence-electron chi connectivity index (χ1n) is 12.8. The van der Waals surface area contributed by atoms with Crippen LogP contribution in [0.1, 0.15) is 53.6 Å². The Balaban J connectivity index is 1.55. The van der Waals surface area contributed by atoms with E-state index in [-0.39, 0.29) is 17.1 Å². The van der Waals surface area contributed by atoms with Gasteiger partial charge in [0.05, 0.1) is 30.7 Å². The van der Waals surface area contributed by atoms with E-state index in [2.05, 4.69) is 13.8 Å². The third kappa shape index (κ3) is 5.14. The van der Waals surface area contributed by atoms with Crippen LogP contribution in [0.2, 0.25) is 5.02 Å². The SMILES string of the molecule is COc1ccc(CCN2C(=O)c3oc4ccc(Cl)cc4c(=O)c3C2c2cccc(OCCC(C)C)c2)cc1. The fourth-order valence-electron chi connectivity index (χ4n) is 4.80. The first-order chi connectivity index (χ1) is 18.4. The Morgan fingerprint density at radius 3 is 2.53 bits per heavy atom. The number of hydrogen-bond donors (Lipinski definition) is 0. The van der Waals surface area contributed by atoms with Gasteiger partial charge in [0.25, 0.3) is 5.91 Å². The lowest BCUT2D eigenvalue weighted by molar-refractivity contribution is 0.0729. The first kappa shape index (κ1) is 25.9. The second kappa shape index (κ2) is 10.9. The Labute approximate surface area is 226 Å². The maximum absolute atomic E-state index is 13.8. The fraction of sp³-hybridized carbons (Fsp3) is 0.290. The number of benzene rings is 3. The molecule has 0 saturated carbocycles. The molecule has 3 aromatic carbocycles. The summed E-state index contributed by atoms with van der Waals surface area (Å²) in [6.07, 6.45) is 1.53. The number of fused-ring (bicyclic) bond motifs is 2. The summed E-state index contributed by atoms with van der Waals surface area (Å²) in [5.41, 5.74) is 2.27. The standard InChI is InChI=1S/C31H30ClNO5/c1-19(2)14-16-37-24-6-4-5-21(17-24)28-27-29(34)25-18-22(32)9-12-26(25)38-30(27)31(35)33(28)15-13-20-7-10-23(36-3)11-8-20/h4-12,17-19,28H,13-16H2,1-3H3. The molecule has 2 heterocycles. The second-order valence-electron chi connectivity index (χ2n) is 9.92. The van der Waals surface area contributed by atoms with Gasteiger partial charge in [-0.2, -0.15) is 0 Å². The second-order valence-corrected chi connectivity index (χ2v) is 10.4. The van der Waals surface area contributed by atoms with E-state index in [0.717, 1.165) is 23.3 Å². The zero-order valence-corrected chi connectivity index (χ0v) is 22.5. The molecule has 1 unspecified atom stereocenters. The largest absolute Gasteiger partial charge is 0.497 e. The van der Waals surface area contributed by atoms with Crippen LogP contribution in [0.4, 0.5) is 0 Å². The van der Waals surface area contributed by atoms with Crippen molar-refractivity contribution >= 4 is 28.5 Å². The van der Waals surface area contributed by atoms with Crippen LogP contribution in [-0.4, -0.2) is 31.1 Å². The Hall–Kier alpha value is -3.77. The molecule has 0 N–H and O–H groups in total. The van der Waals surface area contributed by atoms with Crippen LogP contribution in [0, 0.1) is 5.92 Å². The van der Waals surface area contributed by atoms with Gasteiger partial charge in [0.1, 0.15) is 17.1 Å². The third-order valence-corrected chi connectivity index (χ3v) is 7.10. The average Bonchev–Trinajstić information content (AvgIpc) is 3.19. The molecular formula is C31H30ClNO5. The van der Waals surface area contributed by atoms with E-state index in [1.165, 1.54) is 0 Å². The van der Waals surface area contributed by atoms with Crippen molar-refractivity contribution in [3.05, 3.63) is 104 Å². The number of rotatable bonds is 9. The molecule has 0 fully saturated rings. The summed E-state index contributed by atoms with van der Waals surface area (Å²) in [6.45, 7) is 5.29. The van der Waals surface area contributed by atoms with E-state index in [1.807, 2.05) is 48.5 Å². The van der Waals surface area contributed by atoms with Crippen LogP contribution in [-0.2, 0) is 6.42 Å². The van der Waals surface area contributed by atoms with E-state index in [0.29, 0.717) is 52.8 Å². The van der Waals surface area contributed by atoms with E-state index in [1.54, 1.807) is 30.2 Å². The minimum Gasteiger partial charge on any atom is -0.497 e. The lowest BCUT2D eigenvalue weighted by Crippen LogP contribution is -2.31. The normalized spacial score (nSPS) is 14.8. The van der Waals surface area contributed by atoms with Crippen molar-refractivity contribution in [1.29, 1.82) is 0 Å². The van der Waals surface area contributed by atoms with Gasteiger partial charge in [-0.3, -0.25) is 9.59 Å². The zero-order chi connectivity index (χ0) is 26.8. The van der Waals surface area contributed by atoms with Gasteiger partial charge in [-0.05, 0) is 72.4 Å². The molecule has 0 aliphatic carbocycles. The molecule has 196 valence electrons. The number of hydrogen-bond acceptors (Lipinski definition) is 5. The van der Waals surface area contributed by atoms with Gasteiger partial charge in [0, 0.05) is 11.6 Å². The Kier molecular flexibility index (Phi) is 7.43. The van der Waals surface area contributed by atoms with Crippen LogP contribution in [0.15, 0.2) is 75.9 Å². The van der Waals surface area contributed by atoms with Crippen molar-refractivity contribution in [1.82, 2.24) is 4.90 Å². The number of nitrogens with zero attached hydrogens (tertiary/aromatic N) is 1. The molecule has 1 aliphatic rings. The van der Waals surface area contributed by atoms with Crippen LogP contribution in [0.3, 0.4) is 0 Å². The number of ether oxygens (including phenoxy) is 2. The lowest BCUT2D eigenvalue weighted by atomic mass is 9.98. The molecule has 5 rings (SSSR count). The van der Waals surface area contributed by atoms with Crippen LogP contribution < -0.4 is 14.9 Å². The highest BCUT2D eigenvalue weighted by Gasteiger charge is 2.42. The summed E-state index contributed by atoms with van der Waals surface area (Å²) >= 11 is 6.20. The minimum atomic E-state index is -0.607. The summed E-state index contributed by atoms with van der Waals surface area (Å²) in [5, 5.41) is 0.790. The predicted octanol–water partition coefficient (Wildman–Crippen LogP) is 6.67. The van der Waals surface area contributed by atoms with Crippen molar-refractivity contribution in [3.8, 4) is 11.5 Å². The topological polar surface area (TPSA) is 69.0 Å². The number of carbonyl (C=O) groups is 1. The Bertz CT molecular complexity index is 1530. The van der Waals surface area contributed by atoms with Gasteiger partial charge in [0.2, 0.25) is 5.76 Å². The molecule has 0 saturated heterocycles. The van der Waals surface area contributed by atoms with Crippen molar-refractivity contribution < 1.29 is 18.7 Å². The van der Waals surface area contributed by atoms with Crippen molar-refractivity contribution in [2.75, 3.05) is 20.3 Å². The maximum atomic E-state index is 13.8. The fourth-order valence-corrected chi connectivity index (χ4v) is 4.97. The number of halogens is 1. The minimum absolute atomic E-state index is 0.0793. The van der Waals surface area contributed by atoms with Gasteiger partial charge in [0.15, 0.2) is 5.43 Å². The Morgan fingerprint density at radius 1 is 1.00 bits per heavy atom. The van der Waals surface area contributed by atoms with Gasteiger partial charge >= 0.3 is 0 Å². The number of methoxy groups -OCH3 is 1. The first-order valence-corrected chi connectivity index (χ1v) is 13.2. The van der Waals surface area contributed by atoms with Crippen LogP contribution in [0.5, 0.6) is 11.5 Å². The molecule has 0 radical (unpaired) electrons. The highest BCUT2D eigenvalue weighted by molar-refractivity contribution is 6.31. The molecule has 7 heteroatoms. The van der Waals surface area contributed by atoms with E-state index in [4.69, 9.17) is 25.5 Å². The number of amides is 1. The molecule has 1 amide bonds. The third-order valence-electron chi connectivity index (χ3n) is 6.87. The monoisotopic (exact) mass is 531 g/mol. The Morgan fingerprint density at radius 2 is 1.79 bits per heavy atom. The van der Waals surface area contributed by atoms with E-state index >= 15 is 0 Å². The molecule has 0 bridgehead atoms. The average molecular weight is 532 g/mol. The molecule has 1 aliphatic heterocycles. The maximum Gasteiger partial charge on any atom is 0.290 e. The zero-order valence-electron chi connectivity index (χ0n) is 21.7. The molecule has 38 heavy (non-hydrogen) atoms. The molecule has 0 spiro atoms. The summed E-state index contributed by atoms with van der Waals surface area (Å²) in [6, 6.07) is 19.6. The van der Waals surface area contributed by atoms with Gasteiger partial charge in [-0.15, -0.1) is 0 Å². The van der Waals surface area contributed by atoms with Crippen molar-refractivity contribution in [2.24, 2.45) is 5.92 Å². The van der Waals surface area contributed by atoms with Gasteiger partial charge < -0.3 is 18.8 Å².